The summed E-state index contributed by atoms with van der Waals surface area (Å²) in [6.07, 6.45) is -7.13. The van der Waals surface area contributed by atoms with Crippen molar-refractivity contribution in [2.45, 2.75) is 63.0 Å². The van der Waals surface area contributed by atoms with E-state index in [2.05, 4.69) is 10.6 Å². The summed E-state index contributed by atoms with van der Waals surface area (Å²) in [7, 11) is 0. The topological polar surface area (TPSA) is 64.7 Å². The highest BCUT2D eigenvalue weighted by molar-refractivity contribution is 6.02. The molecular weight excluding hydrogens is 657 g/mol. The van der Waals surface area contributed by atoms with Crippen LogP contribution in [0.5, 0.6) is 0 Å². The predicted molar refractivity (Wildman–Crippen MR) is 164 cm³/mol. The van der Waals surface area contributed by atoms with Gasteiger partial charge in [-0.15, -0.1) is 24.8 Å². The third kappa shape index (κ3) is 5.88. The van der Waals surface area contributed by atoms with Gasteiger partial charge in [-0.25, -0.2) is 0 Å². The second kappa shape index (κ2) is 12.2. The van der Waals surface area contributed by atoms with Crippen molar-refractivity contribution in [3.8, 4) is 0 Å². The SMILES string of the molecule is C[C@@H]1C[C@@H]1c1cc2c(c(C(F)(F)F)c1)C(=O)N1CCNC[C@H]21.C[C@H]1C[C@H]1c1cc2c(c(C(F)(F)F)c1)C(=O)N1CCNC[C@@H]21.Cl.Cl. The maximum absolute atomic E-state index is 13.5. The quantitative estimate of drug-likeness (QED) is 0.344. The Morgan fingerprint density at radius 3 is 1.30 bits per heavy atom. The van der Waals surface area contributed by atoms with Crippen LogP contribution >= 0.6 is 24.8 Å². The van der Waals surface area contributed by atoms with Crippen LogP contribution in [0.25, 0.3) is 0 Å². The molecule has 2 saturated heterocycles. The van der Waals surface area contributed by atoms with Gasteiger partial charge in [0.1, 0.15) is 0 Å². The van der Waals surface area contributed by atoms with Gasteiger partial charge in [0.2, 0.25) is 0 Å². The minimum absolute atomic E-state index is 0. The van der Waals surface area contributed by atoms with Crippen molar-refractivity contribution in [1.29, 1.82) is 0 Å². The van der Waals surface area contributed by atoms with Crippen molar-refractivity contribution < 1.29 is 35.9 Å². The molecule has 46 heavy (non-hydrogen) atoms. The van der Waals surface area contributed by atoms with Crippen molar-refractivity contribution >= 4 is 36.6 Å². The van der Waals surface area contributed by atoms with Gasteiger partial charge in [-0.1, -0.05) is 26.0 Å². The molecule has 6 aliphatic rings. The Hall–Kier alpha value is -2.54. The zero-order valence-electron chi connectivity index (χ0n) is 25.2. The molecule has 4 heterocycles. The molecule has 252 valence electrons. The van der Waals surface area contributed by atoms with Crippen LogP contribution in [0, 0.1) is 11.8 Å². The van der Waals surface area contributed by atoms with Crippen molar-refractivity contribution in [2.24, 2.45) is 11.8 Å². The van der Waals surface area contributed by atoms with Gasteiger partial charge in [0.25, 0.3) is 11.8 Å². The monoisotopic (exact) mass is 692 g/mol. The van der Waals surface area contributed by atoms with Crippen molar-refractivity contribution in [3.63, 3.8) is 0 Å². The molecule has 0 spiro atoms. The Morgan fingerprint density at radius 1 is 0.652 bits per heavy atom. The number of rotatable bonds is 2. The van der Waals surface area contributed by atoms with Crippen molar-refractivity contribution in [2.75, 3.05) is 39.3 Å². The molecule has 4 fully saturated rings. The maximum Gasteiger partial charge on any atom is 0.417 e. The lowest BCUT2D eigenvalue weighted by Crippen LogP contribution is -2.44. The van der Waals surface area contributed by atoms with Crippen molar-refractivity contribution in [3.05, 3.63) is 68.8 Å². The van der Waals surface area contributed by atoms with E-state index < -0.39 is 35.3 Å². The summed E-state index contributed by atoms with van der Waals surface area (Å²) in [5.41, 5.74) is 0.827. The van der Waals surface area contributed by atoms with E-state index in [0.717, 1.165) is 24.0 Å². The van der Waals surface area contributed by atoms with Crippen LogP contribution in [0.15, 0.2) is 24.3 Å². The molecule has 2 aromatic carbocycles. The smallest absolute Gasteiger partial charge is 0.329 e. The highest BCUT2D eigenvalue weighted by Gasteiger charge is 2.49. The Morgan fingerprint density at radius 2 is 1.00 bits per heavy atom. The molecule has 0 bridgehead atoms. The lowest BCUT2D eigenvalue weighted by molar-refractivity contribution is -0.138. The average Bonchev–Trinajstić information content (AvgIpc) is 3.86. The van der Waals surface area contributed by atoms with E-state index in [-0.39, 0.29) is 59.9 Å². The third-order valence-corrected chi connectivity index (χ3v) is 10.2. The molecule has 4 aliphatic heterocycles. The number of benzene rings is 2. The first-order valence-electron chi connectivity index (χ1n) is 15.3. The molecule has 0 unspecified atom stereocenters. The highest BCUT2D eigenvalue weighted by Crippen LogP contribution is 2.52. The molecule has 0 radical (unpaired) electrons. The number of halogens is 8. The fourth-order valence-electron chi connectivity index (χ4n) is 7.56. The van der Waals surface area contributed by atoms with Gasteiger partial charge in [-0.2, -0.15) is 26.3 Å². The van der Waals surface area contributed by atoms with Crippen molar-refractivity contribution in [1.82, 2.24) is 20.4 Å². The van der Waals surface area contributed by atoms with E-state index in [1.54, 1.807) is 9.80 Å². The average molecular weight is 694 g/mol. The predicted octanol–water partition coefficient (Wildman–Crippen LogP) is 6.70. The first-order chi connectivity index (χ1) is 20.8. The van der Waals surface area contributed by atoms with Gasteiger partial charge in [-0.05, 0) is 70.9 Å². The van der Waals surface area contributed by atoms with Gasteiger partial charge >= 0.3 is 12.4 Å². The Kier molecular flexibility index (Phi) is 9.20. The minimum Gasteiger partial charge on any atom is -0.329 e. The summed E-state index contributed by atoms with van der Waals surface area (Å²) in [6, 6.07) is 5.58. The highest BCUT2D eigenvalue weighted by atomic mass is 35.5. The molecule has 2 amide bonds. The van der Waals surface area contributed by atoms with Crippen LogP contribution in [0.3, 0.4) is 0 Å². The van der Waals surface area contributed by atoms with E-state index in [1.165, 1.54) is 12.1 Å². The zero-order valence-corrected chi connectivity index (χ0v) is 26.9. The molecule has 14 heteroatoms. The number of carbonyl (C=O) groups is 2. The van der Waals surface area contributed by atoms with E-state index in [1.807, 2.05) is 26.0 Å². The Balaban J connectivity index is 0.000000174. The lowest BCUT2D eigenvalue weighted by atomic mass is 9.93. The lowest BCUT2D eigenvalue weighted by Gasteiger charge is -2.30. The first kappa shape index (κ1) is 34.8. The number of hydrogen-bond acceptors (Lipinski definition) is 4. The van der Waals surface area contributed by atoms with Gasteiger partial charge in [0.05, 0.1) is 34.3 Å². The molecule has 6 nitrogen and oxygen atoms in total. The molecular formula is C32H36Cl2F6N4O2. The number of piperazine rings is 2. The summed E-state index contributed by atoms with van der Waals surface area (Å²) in [4.78, 5) is 28.1. The minimum atomic E-state index is -4.49. The number of nitrogens with zero attached hydrogens (tertiary/aromatic N) is 2. The van der Waals surface area contributed by atoms with E-state index in [4.69, 9.17) is 0 Å². The van der Waals surface area contributed by atoms with Crippen LogP contribution in [0.1, 0.15) is 105 Å². The van der Waals surface area contributed by atoms with E-state index in [9.17, 15) is 35.9 Å². The van der Waals surface area contributed by atoms with Gasteiger partial charge in [0.15, 0.2) is 0 Å². The van der Waals surface area contributed by atoms with Gasteiger partial charge < -0.3 is 20.4 Å². The Bertz CT molecular complexity index is 1440. The summed E-state index contributed by atoms with van der Waals surface area (Å²) < 4.78 is 80.8. The fourth-order valence-corrected chi connectivity index (χ4v) is 7.56. The van der Waals surface area contributed by atoms with Crippen LogP contribution < -0.4 is 10.6 Å². The number of nitrogens with one attached hydrogen (secondary N) is 2. The second-order valence-electron chi connectivity index (χ2n) is 13.1. The molecule has 2 N–H and O–H groups in total. The molecule has 6 atom stereocenters. The molecule has 8 rings (SSSR count). The summed E-state index contributed by atoms with van der Waals surface area (Å²) in [6.45, 7) is 7.33. The molecule has 2 aromatic rings. The summed E-state index contributed by atoms with van der Waals surface area (Å²) in [5.74, 6) is 0.321. The van der Waals surface area contributed by atoms with E-state index in [0.29, 0.717) is 62.2 Å². The van der Waals surface area contributed by atoms with E-state index >= 15 is 0 Å². The third-order valence-electron chi connectivity index (χ3n) is 10.2. The summed E-state index contributed by atoms with van der Waals surface area (Å²) >= 11 is 0. The molecule has 2 aliphatic carbocycles. The van der Waals surface area contributed by atoms with Gasteiger partial charge in [0, 0.05) is 39.3 Å². The van der Waals surface area contributed by atoms with Crippen LogP contribution in [-0.4, -0.2) is 60.9 Å². The largest absolute Gasteiger partial charge is 0.417 e. The van der Waals surface area contributed by atoms with Gasteiger partial charge in [-0.3, -0.25) is 9.59 Å². The Labute approximate surface area is 275 Å². The maximum atomic E-state index is 13.5. The normalized spacial score (nSPS) is 29.0. The molecule has 0 aromatic heterocycles. The van der Waals surface area contributed by atoms with Crippen LogP contribution in [-0.2, 0) is 12.4 Å². The number of alkyl halides is 6. The first-order valence-corrected chi connectivity index (χ1v) is 15.3. The standard InChI is InChI=1S/2C16H17F3N2O.2ClH/c2*1-8-4-10(8)9-5-11-13-7-20-2-3-21(13)15(22)14(11)12(6-9)16(17,18)19;;/h2*5-6,8,10,13,20H,2-4,7H2,1H3;2*1H/t2*8-,10+,13-;;/m10../s1. The molecule has 2 saturated carbocycles. The summed E-state index contributed by atoms with van der Waals surface area (Å²) in [5, 5.41) is 6.35. The zero-order chi connectivity index (χ0) is 31.3. The number of carbonyl (C=O) groups excluding carboxylic acids is 2. The number of hydrogen-bond donors (Lipinski definition) is 2. The second-order valence-corrected chi connectivity index (χ2v) is 13.1. The number of amides is 2. The van der Waals surface area contributed by atoms with Crippen LogP contribution in [0.4, 0.5) is 26.3 Å². The fraction of sp³-hybridized carbons (Fsp3) is 0.562. The van der Waals surface area contributed by atoms with Crippen LogP contribution in [0.2, 0.25) is 0 Å². The number of fused-ring (bicyclic) bond motifs is 6.